The highest BCUT2D eigenvalue weighted by atomic mass is 35.5. The molecular formula is C18H15ClN4O. The van der Waals surface area contributed by atoms with Crippen LogP contribution in [0.25, 0.3) is 5.82 Å². The number of hydrogen-bond donors (Lipinski definition) is 0. The molecule has 0 spiro atoms. The van der Waals surface area contributed by atoms with Gasteiger partial charge in [0.1, 0.15) is 6.61 Å². The molecule has 120 valence electrons. The third-order valence-electron chi connectivity index (χ3n) is 3.58. The van der Waals surface area contributed by atoms with Gasteiger partial charge in [-0.1, -0.05) is 30.7 Å². The summed E-state index contributed by atoms with van der Waals surface area (Å²) >= 11 is 6.24. The van der Waals surface area contributed by atoms with Crippen molar-refractivity contribution in [3.8, 4) is 17.8 Å². The van der Waals surface area contributed by atoms with Gasteiger partial charge in [-0.05, 0) is 29.7 Å². The number of rotatable bonds is 5. The molecule has 2 aromatic heterocycles. The minimum atomic E-state index is 0.368. The van der Waals surface area contributed by atoms with Gasteiger partial charge >= 0.3 is 0 Å². The summed E-state index contributed by atoms with van der Waals surface area (Å²) in [7, 11) is 0. The van der Waals surface area contributed by atoms with Crippen LogP contribution in [0.2, 0.25) is 5.02 Å². The fourth-order valence-corrected chi connectivity index (χ4v) is 2.64. The first kappa shape index (κ1) is 16.0. The number of halogens is 1. The Kier molecular flexibility index (Phi) is 4.78. The molecule has 2 heterocycles. The average Bonchev–Trinajstić information content (AvgIpc) is 3.08. The maximum atomic E-state index is 9.00. The molecule has 0 amide bonds. The number of pyridine rings is 1. The highest BCUT2D eigenvalue weighted by Crippen LogP contribution is 2.21. The maximum Gasteiger partial charge on any atom is 0.218 e. The van der Waals surface area contributed by atoms with Gasteiger partial charge in [0.2, 0.25) is 5.88 Å². The minimum absolute atomic E-state index is 0.368. The molecule has 0 aliphatic carbocycles. The van der Waals surface area contributed by atoms with E-state index < -0.39 is 0 Å². The smallest absolute Gasteiger partial charge is 0.218 e. The molecule has 5 nitrogen and oxygen atoms in total. The van der Waals surface area contributed by atoms with E-state index >= 15 is 0 Å². The third kappa shape index (κ3) is 3.39. The Morgan fingerprint density at radius 1 is 1.21 bits per heavy atom. The molecule has 0 N–H and O–H groups in total. The molecule has 3 rings (SSSR count). The maximum absolute atomic E-state index is 9.00. The highest BCUT2D eigenvalue weighted by molar-refractivity contribution is 6.31. The van der Waals surface area contributed by atoms with Crippen molar-refractivity contribution in [1.82, 2.24) is 14.8 Å². The van der Waals surface area contributed by atoms with Crippen molar-refractivity contribution in [1.29, 1.82) is 5.26 Å². The van der Waals surface area contributed by atoms with Crippen LogP contribution >= 0.6 is 11.6 Å². The van der Waals surface area contributed by atoms with Crippen LogP contribution in [-0.2, 0) is 13.0 Å². The first-order valence-electron chi connectivity index (χ1n) is 7.52. The molecule has 1 aromatic carbocycles. The van der Waals surface area contributed by atoms with E-state index in [2.05, 4.69) is 23.1 Å². The Labute approximate surface area is 145 Å². The number of hydrogen-bond acceptors (Lipinski definition) is 4. The fourth-order valence-electron chi connectivity index (χ4n) is 2.30. The van der Waals surface area contributed by atoms with Crippen molar-refractivity contribution in [2.75, 3.05) is 0 Å². The summed E-state index contributed by atoms with van der Waals surface area (Å²) in [5, 5.41) is 14.0. The fraction of sp³-hybridized carbons (Fsp3) is 0.167. The lowest BCUT2D eigenvalue weighted by Crippen LogP contribution is -2.05. The lowest BCUT2D eigenvalue weighted by Gasteiger charge is -2.10. The van der Waals surface area contributed by atoms with E-state index in [0.29, 0.717) is 23.9 Å². The van der Waals surface area contributed by atoms with Gasteiger partial charge in [-0.15, -0.1) is 0 Å². The van der Waals surface area contributed by atoms with Crippen LogP contribution in [-0.4, -0.2) is 14.8 Å². The van der Waals surface area contributed by atoms with Crippen molar-refractivity contribution in [3.05, 3.63) is 70.5 Å². The summed E-state index contributed by atoms with van der Waals surface area (Å²) in [6.45, 7) is 2.44. The van der Waals surface area contributed by atoms with Crippen molar-refractivity contribution < 1.29 is 4.74 Å². The summed E-state index contributed by atoms with van der Waals surface area (Å²) in [6, 6.07) is 13.1. The van der Waals surface area contributed by atoms with Gasteiger partial charge in [-0.25, -0.2) is 4.98 Å². The summed E-state index contributed by atoms with van der Waals surface area (Å²) in [5.74, 6) is 1.08. The second-order valence-corrected chi connectivity index (χ2v) is 5.57. The lowest BCUT2D eigenvalue weighted by molar-refractivity contribution is 0.284. The van der Waals surface area contributed by atoms with Crippen LogP contribution in [0, 0.1) is 11.3 Å². The SMILES string of the molecule is CCc1ccc(COc2ccnn2-c2cc(C#N)ccn2)cc1Cl. The molecule has 0 radical (unpaired) electrons. The third-order valence-corrected chi connectivity index (χ3v) is 3.94. The van der Waals surface area contributed by atoms with E-state index in [0.717, 1.165) is 22.6 Å². The zero-order valence-electron chi connectivity index (χ0n) is 13.1. The van der Waals surface area contributed by atoms with E-state index in [1.54, 1.807) is 35.3 Å². The monoisotopic (exact) mass is 338 g/mol. The predicted octanol–water partition coefficient (Wildman–Crippen LogP) is 3.93. The summed E-state index contributed by atoms with van der Waals surface area (Å²) < 4.78 is 7.40. The van der Waals surface area contributed by atoms with Gasteiger partial charge in [0.15, 0.2) is 5.82 Å². The first-order chi connectivity index (χ1) is 11.7. The molecular weight excluding hydrogens is 324 g/mol. The molecule has 0 aliphatic rings. The Morgan fingerprint density at radius 3 is 2.83 bits per heavy atom. The van der Waals surface area contributed by atoms with Gasteiger partial charge < -0.3 is 4.74 Å². The van der Waals surface area contributed by atoms with Crippen molar-refractivity contribution >= 4 is 11.6 Å². The van der Waals surface area contributed by atoms with Gasteiger partial charge in [0.25, 0.3) is 0 Å². The Balaban J connectivity index is 1.79. The lowest BCUT2D eigenvalue weighted by atomic mass is 10.1. The Hall–Kier alpha value is -2.84. The number of aromatic nitrogens is 3. The van der Waals surface area contributed by atoms with Crippen molar-refractivity contribution in [2.45, 2.75) is 20.0 Å². The Bertz CT molecular complexity index is 898. The number of benzene rings is 1. The average molecular weight is 339 g/mol. The molecule has 0 saturated carbocycles. The zero-order chi connectivity index (χ0) is 16.9. The van der Waals surface area contributed by atoms with Gasteiger partial charge in [0.05, 0.1) is 17.8 Å². The summed E-state index contributed by atoms with van der Waals surface area (Å²) in [6.07, 6.45) is 4.10. The van der Waals surface area contributed by atoms with E-state index in [-0.39, 0.29) is 0 Å². The van der Waals surface area contributed by atoms with E-state index in [9.17, 15) is 0 Å². The van der Waals surface area contributed by atoms with Crippen LogP contribution in [0.15, 0.2) is 48.8 Å². The van der Waals surface area contributed by atoms with Crippen LogP contribution in [0.3, 0.4) is 0 Å². The van der Waals surface area contributed by atoms with Crippen LogP contribution in [0.5, 0.6) is 5.88 Å². The molecule has 0 saturated heterocycles. The molecule has 0 bridgehead atoms. The molecule has 0 unspecified atom stereocenters. The van der Waals surface area contributed by atoms with Crippen LogP contribution < -0.4 is 4.74 Å². The van der Waals surface area contributed by atoms with Crippen LogP contribution in [0.4, 0.5) is 0 Å². The quantitative estimate of drug-likeness (QED) is 0.707. The molecule has 6 heteroatoms. The van der Waals surface area contributed by atoms with E-state index in [1.165, 1.54) is 0 Å². The topological polar surface area (TPSA) is 63.7 Å². The van der Waals surface area contributed by atoms with Crippen molar-refractivity contribution in [2.24, 2.45) is 0 Å². The standard InChI is InChI=1S/C18H15ClN4O/c1-2-15-4-3-14(9-16(15)19)12-24-18-6-8-22-23(18)17-10-13(11-20)5-7-21-17/h3-10H,2,12H2,1H3. The van der Waals surface area contributed by atoms with E-state index in [4.69, 9.17) is 21.6 Å². The first-order valence-corrected chi connectivity index (χ1v) is 7.89. The number of nitrogens with zero attached hydrogens (tertiary/aromatic N) is 4. The van der Waals surface area contributed by atoms with E-state index in [1.807, 2.05) is 18.2 Å². The van der Waals surface area contributed by atoms with Crippen LogP contribution in [0.1, 0.15) is 23.6 Å². The molecule has 0 fully saturated rings. The summed E-state index contributed by atoms with van der Waals surface area (Å²) in [5.41, 5.74) is 2.61. The molecule has 24 heavy (non-hydrogen) atoms. The summed E-state index contributed by atoms with van der Waals surface area (Å²) in [4.78, 5) is 4.23. The Morgan fingerprint density at radius 2 is 2.08 bits per heavy atom. The van der Waals surface area contributed by atoms with Gasteiger partial charge in [-0.2, -0.15) is 15.0 Å². The van der Waals surface area contributed by atoms with Gasteiger partial charge in [-0.3, -0.25) is 0 Å². The second kappa shape index (κ2) is 7.16. The largest absolute Gasteiger partial charge is 0.473 e. The predicted molar refractivity (Wildman–Crippen MR) is 91.2 cm³/mol. The second-order valence-electron chi connectivity index (χ2n) is 5.16. The van der Waals surface area contributed by atoms with Gasteiger partial charge in [0, 0.05) is 23.4 Å². The molecule has 0 aliphatic heterocycles. The minimum Gasteiger partial charge on any atom is -0.473 e. The molecule has 0 atom stereocenters. The number of nitriles is 1. The molecule has 3 aromatic rings. The zero-order valence-corrected chi connectivity index (χ0v) is 13.9. The van der Waals surface area contributed by atoms with Crippen molar-refractivity contribution in [3.63, 3.8) is 0 Å². The number of ether oxygens (including phenoxy) is 1. The normalized spacial score (nSPS) is 10.4. The number of aryl methyl sites for hydroxylation is 1. The highest BCUT2D eigenvalue weighted by Gasteiger charge is 2.09.